The third-order valence-corrected chi connectivity index (χ3v) is 9.54. The molecule has 0 bridgehead atoms. The molecule has 0 radical (unpaired) electrons. The molecule has 0 saturated carbocycles. The minimum atomic E-state index is -4.47. The van der Waals surface area contributed by atoms with Gasteiger partial charge in [0.2, 0.25) is 0 Å². The van der Waals surface area contributed by atoms with Crippen LogP contribution in [0.15, 0.2) is 17.0 Å². The summed E-state index contributed by atoms with van der Waals surface area (Å²) >= 11 is 0. The maximum Gasteiger partial charge on any atom is 1.00 e. The zero-order valence-corrected chi connectivity index (χ0v) is 28.7. The monoisotopic (exact) mass is 584 g/mol. The summed E-state index contributed by atoms with van der Waals surface area (Å²) in [6.45, 7) is 6.76. The number of unbranched alkanes of at least 4 members (excludes halogenated alkanes) is 21. The summed E-state index contributed by atoms with van der Waals surface area (Å²) in [5.41, 5.74) is 3.37. The Morgan fingerprint density at radius 2 is 0.780 bits per heavy atom. The van der Waals surface area contributed by atoms with Crippen molar-refractivity contribution in [3.63, 3.8) is 0 Å². The minimum Gasteiger partial charge on any atom is -0.744 e. The van der Waals surface area contributed by atoms with Crippen molar-refractivity contribution in [1.82, 2.24) is 0 Å². The summed E-state index contributed by atoms with van der Waals surface area (Å²) in [5.74, 6) is 0. The second kappa shape index (κ2) is 27.3. The number of aryl methyl sites for hydroxylation is 1. The van der Waals surface area contributed by atoms with Gasteiger partial charge in [-0.2, -0.15) is 0 Å². The first-order valence-electron chi connectivity index (χ1n) is 17.5. The Hall–Kier alpha value is -0.273. The fourth-order valence-corrected chi connectivity index (χ4v) is 6.86. The van der Waals surface area contributed by atoms with E-state index in [0.717, 1.165) is 50.5 Å². The molecule has 0 amide bonds. The molecule has 0 N–H and O–H groups in total. The smallest absolute Gasteiger partial charge is 0.744 e. The zero-order chi connectivity index (χ0) is 29.3. The fourth-order valence-electron chi connectivity index (χ4n) is 6.09. The Balaban J connectivity index is 0.0000160. The van der Waals surface area contributed by atoms with Crippen LogP contribution >= 0.6 is 0 Å². The molecular formula is C36H65LiO3S. The van der Waals surface area contributed by atoms with Crippen molar-refractivity contribution in [2.75, 3.05) is 0 Å². The Bertz CT molecular complexity index is 837. The van der Waals surface area contributed by atoms with Gasteiger partial charge in [-0.15, -0.1) is 0 Å². The molecule has 3 nitrogen and oxygen atoms in total. The average Bonchev–Trinajstić information content (AvgIpc) is 2.93. The van der Waals surface area contributed by atoms with E-state index in [1.54, 1.807) is 6.07 Å². The summed E-state index contributed by atoms with van der Waals surface area (Å²) < 4.78 is 36.9. The summed E-state index contributed by atoms with van der Waals surface area (Å²) in [4.78, 5) is 0.0599. The van der Waals surface area contributed by atoms with E-state index in [-0.39, 0.29) is 23.8 Å². The van der Waals surface area contributed by atoms with E-state index in [1.807, 2.05) is 6.07 Å². The average molecular weight is 585 g/mol. The van der Waals surface area contributed by atoms with Gasteiger partial charge in [-0.25, -0.2) is 8.42 Å². The molecule has 0 aromatic heterocycles. The third kappa shape index (κ3) is 20.3. The molecule has 0 saturated heterocycles. The van der Waals surface area contributed by atoms with Crippen molar-refractivity contribution in [2.45, 2.75) is 199 Å². The van der Waals surface area contributed by atoms with E-state index in [0.29, 0.717) is 0 Å². The van der Waals surface area contributed by atoms with Crippen LogP contribution in [0.4, 0.5) is 0 Å². The van der Waals surface area contributed by atoms with Crippen LogP contribution in [0, 0.1) is 0 Å². The van der Waals surface area contributed by atoms with Gasteiger partial charge < -0.3 is 4.55 Å². The molecule has 0 aliphatic carbocycles. The fraction of sp³-hybridized carbons (Fsp3) is 0.833. The molecule has 234 valence electrons. The van der Waals surface area contributed by atoms with Gasteiger partial charge in [0.05, 0.1) is 4.90 Å². The van der Waals surface area contributed by atoms with E-state index in [4.69, 9.17) is 0 Å². The van der Waals surface area contributed by atoms with E-state index in [9.17, 15) is 13.0 Å². The van der Waals surface area contributed by atoms with E-state index in [2.05, 4.69) is 20.8 Å². The second-order valence-corrected chi connectivity index (χ2v) is 13.7. The number of hydrogen-bond donors (Lipinski definition) is 0. The van der Waals surface area contributed by atoms with Crippen LogP contribution in [0.2, 0.25) is 0 Å². The summed E-state index contributed by atoms with van der Waals surface area (Å²) in [6.07, 6.45) is 32.8. The summed E-state index contributed by atoms with van der Waals surface area (Å²) in [5, 5.41) is 0. The zero-order valence-electron chi connectivity index (χ0n) is 27.9. The van der Waals surface area contributed by atoms with Gasteiger partial charge in [0, 0.05) is 0 Å². The molecule has 0 aliphatic heterocycles. The Morgan fingerprint density at radius 1 is 0.463 bits per heavy atom. The van der Waals surface area contributed by atoms with Crippen molar-refractivity contribution in [1.29, 1.82) is 0 Å². The molecule has 0 heterocycles. The van der Waals surface area contributed by atoms with Gasteiger partial charge in [0.25, 0.3) is 0 Å². The normalized spacial score (nSPS) is 11.6. The Labute approximate surface area is 268 Å². The Kier molecular flexibility index (Phi) is 27.1. The Morgan fingerprint density at radius 3 is 1.15 bits per heavy atom. The molecule has 0 spiro atoms. The molecule has 1 aromatic rings. The van der Waals surface area contributed by atoms with Crippen LogP contribution in [-0.2, 0) is 29.4 Å². The topological polar surface area (TPSA) is 57.2 Å². The van der Waals surface area contributed by atoms with E-state index < -0.39 is 10.1 Å². The van der Waals surface area contributed by atoms with Gasteiger partial charge in [0.1, 0.15) is 10.1 Å². The number of benzene rings is 1. The van der Waals surface area contributed by atoms with Gasteiger partial charge in [-0.1, -0.05) is 162 Å². The first-order chi connectivity index (χ1) is 19.5. The maximum absolute atomic E-state index is 12.3. The molecule has 1 rings (SSSR count). The first kappa shape index (κ1) is 40.7. The van der Waals surface area contributed by atoms with E-state index >= 15 is 0 Å². The predicted octanol–water partition coefficient (Wildman–Crippen LogP) is 8.64. The third-order valence-electron chi connectivity index (χ3n) is 8.61. The SMILES string of the molecule is CCCCCCCCCCc1ccc(S(=O)(=O)[O-])c(CCCCCCCCCC)c1CCCCCCCCCC.[Li+]. The number of rotatable bonds is 28. The standard InChI is InChI=1S/C36H66O3S.Li/c1-4-7-10-13-16-19-22-25-28-33-31-32-36(40(37,38)39)35(30-27-24-21-18-15-12-9-6-3)34(33)29-26-23-20-17-14-11-8-5-2;/h31-32H,4-30H2,1-3H3,(H,37,38,39);/q;+1/p-1. The van der Waals surface area contributed by atoms with Crippen LogP contribution in [0.5, 0.6) is 0 Å². The molecule has 0 fully saturated rings. The van der Waals surface area contributed by atoms with Crippen LogP contribution in [-0.4, -0.2) is 13.0 Å². The second-order valence-electron chi connectivity index (χ2n) is 12.3. The van der Waals surface area contributed by atoms with Gasteiger partial charge in [-0.3, -0.25) is 0 Å². The molecule has 0 atom stereocenters. The van der Waals surface area contributed by atoms with Crippen LogP contribution < -0.4 is 18.9 Å². The molecule has 5 heteroatoms. The van der Waals surface area contributed by atoms with E-state index in [1.165, 1.54) is 140 Å². The predicted molar refractivity (Wildman–Crippen MR) is 173 cm³/mol. The van der Waals surface area contributed by atoms with Gasteiger partial charge in [0.15, 0.2) is 0 Å². The van der Waals surface area contributed by atoms with Crippen molar-refractivity contribution in [3.05, 3.63) is 28.8 Å². The molecular weight excluding hydrogens is 519 g/mol. The van der Waals surface area contributed by atoms with Gasteiger partial charge >= 0.3 is 18.9 Å². The van der Waals surface area contributed by atoms with Crippen molar-refractivity contribution in [2.24, 2.45) is 0 Å². The quantitative estimate of drug-likeness (QED) is 0.0563. The largest absolute Gasteiger partial charge is 1.00 e. The molecule has 0 aliphatic rings. The minimum absolute atomic E-state index is 0. The van der Waals surface area contributed by atoms with Crippen molar-refractivity contribution >= 4 is 10.1 Å². The first-order valence-corrected chi connectivity index (χ1v) is 19.0. The van der Waals surface area contributed by atoms with Crippen LogP contribution in [0.3, 0.4) is 0 Å². The van der Waals surface area contributed by atoms with Crippen molar-refractivity contribution < 1.29 is 31.8 Å². The summed E-state index contributed by atoms with van der Waals surface area (Å²) in [6, 6.07) is 3.61. The summed E-state index contributed by atoms with van der Waals surface area (Å²) in [7, 11) is -4.47. The van der Waals surface area contributed by atoms with Gasteiger partial charge in [-0.05, 0) is 61.3 Å². The maximum atomic E-state index is 12.3. The van der Waals surface area contributed by atoms with Crippen LogP contribution in [0.1, 0.15) is 192 Å². The van der Waals surface area contributed by atoms with Crippen LogP contribution in [0.25, 0.3) is 0 Å². The van der Waals surface area contributed by atoms with Crippen molar-refractivity contribution in [3.8, 4) is 0 Å². The molecule has 1 aromatic carbocycles. The molecule has 0 unspecified atom stereocenters. The number of hydrogen-bond acceptors (Lipinski definition) is 3. The molecule has 41 heavy (non-hydrogen) atoms.